The SMILES string of the molecule is CC/C=C\C/C=C\C/C=C\C/C=C\C/C=C/CCCC(=O)O.CC/C=C\C/C=C\C/C=C\C/C=C\CC/C=C/CCC(=O)O. The minimum absolute atomic E-state index is 0.223. The van der Waals surface area contributed by atoms with Crippen LogP contribution in [0.1, 0.15) is 117 Å². The maximum Gasteiger partial charge on any atom is 0.303 e. The van der Waals surface area contributed by atoms with Crippen LogP contribution in [-0.2, 0) is 9.59 Å². The van der Waals surface area contributed by atoms with Crippen molar-refractivity contribution in [3.63, 3.8) is 0 Å². The van der Waals surface area contributed by atoms with Crippen LogP contribution in [0.3, 0.4) is 0 Å². The molecule has 0 aliphatic rings. The Morgan fingerprint density at radius 1 is 0.364 bits per heavy atom. The van der Waals surface area contributed by atoms with Crippen LogP contribution in [0.2, 0.25) is 0 Å². The summed E-state index contributed by atoms with van der Waals surface area (Å²) in [5.74, 6) is -1.45. The third-order valence-corrected chi connectivity index (χ3v) is 5.83. The summed E-state index contributed by atoms with van der Waals surface area (Å²) in [6.45, 7) is 4.29. The standard InChI is InChI=1S/2C20H30O2/c2*1-2-3-4-5-6-7-8-9-10-11-12-13-14-15-16-17-18-19-20(21)22/h3-4,6-7,9-10,12-13,16-17H,2,5,8,11,14-15,18-19H2,1H3,(H,21,22);3-4,6-7,9-10,12-13,15-16H,2,5,8,11,14,17-19H2,1H3,(H,21,22)/b4-3-,7-6-,10-9-,13-12-,17-16+;4-3-,7-6-,10-9-,13-12-,16-15+. The molecule has 244 valence electrons. The summed E-state index contributed by atoms with van der Waals surface area (Å²) >= 11 is 0. The molecule has 0 radical (unpaired) electrons. The van der Waals surface area contributed by atoms with E-state index in [1.807, 2.05) is 6.08 Å². The number of unbranched alkanes of at least 4 members (excludes halogenated alkanes) is 2. The highest BCUT2D eigenvalue weighted by molar-refractivity contribution is 5.67. The summed E-state index contributed by atoms with van der Waals surface area (Å²) in [6, 6.07) is 0. The average Bonchev–Trinajstić information content (AvgIpc) is 3.00. The number of carboxylic acid groups (broad SMARTS) is 2. The zero-order valence-corrected chi connectivity index (χ0v) is 27.6. The number of carbonyl (C=O) groups is 2. The van der Waals surface area contributed by atoms with Crippen LogP contribution in [0.15, 0.2) is 122 Å². The predicted molar refractivity (Wildman–Crippen MR) is 192 cm³/mol. The molecule has 0 bridgehead atoms. The van der Waals surface area contributed by atoms with Gasteiger partial charge < -0.3 is 10.2 Å². The molecule has 0 aromatic carbocycles. The lowest BCUT2D eigenvalue weighted by atomic mass is 10.2. The van der Waals surface area contributed by atoms with Gasteiger partial charge in [-0.05, 0) is 89.9 Å². The first-order valence-corrected chi connectivity index (χ1v) is 16.5. The van der Waals surface area contributed by atoms with Crippen molar-refractivity contribution in [1.82, 2.24) is 0 Å². The van der Waals surface area contributed by atoms with E-state index in [4.69, 9.17) is 10.2 Å². The number of hydrogen-bond donors (Lipinski definition) is 2. The Morgan fingerprint density at radius 2 is 0.636 bits per heavy atom. The quantitative estimate of drug-likeness (QED) is 0.0760. The summed E-state index contributed by atoms with van der Waals surface area (Å²) in [4.78, 5) is 20.6. The van der Waals surface area contributed by atoms with Crippen molar-refractivity contribution >= 4 is 11.9 Å². The molecule has 44 heavy (non-hydrogen) atoms. The van der Waals surface area contributed by atoms with Gasteiger partial charge in [-0.3, -0.25) is 9.59 Å². The van der Waals surface area contributed by atoms with Gasteiger partial charge in [0.05, 0.1) is 0 Å². The van der Waals surface area contributed by atoms with Gasteiger partial charge in [-0.25, -0.2) is 0 Å². The molecule has 0 aromatic heterocycles. The number of rotatable bonds is 26. The van der Waals surface area contributed by atoms with Crippen molar-refractivity contribution in [2.45, 2.75) is 117 Å². The third-order valence-electron chi connectivity index (χ3n) is 5.83. The van der Waals surface area contributed by atoms with Gasteiger partial charge in [-0.1, -0.05) is 135 Å². The zero-order chi connectivity index (χ0) is 32.6. The lowest BCUT2D eigenvalue weighted by Crippen LogP contribution is -1.92. The Kier molecular flexibility index (Phi) is 38.0. The summed E-state index contributed by atoms with van der Waals surface area (Å²) in [5, 5.41) is 17.0. The smallest absolute Gasteiger partial charge is 0.303 e. The molecule has 2 N–H and O–H groups in total. The monoisotopic (exact) mass is 604 g/mol. The largest absolute Gasteiger partial charge is 0.481 e. The Balaban J connectivity index is 0. The minimum Gasteiger partial charge on any atom is -0.481 e. The van der Waals surface area contributed by atoms with Gasteiger partial charge in [0.2, 0.25) is 0 Å². The van der Waals surface area contributed by atoms with Gasteiger partial charge in [0.25, 0.3) is 0 Å². The lowest BCUT2D eigenvalue weighted by molar-refractivity contribution is -0.138. The summed E-state index contributed by atoms with van der Waals surface area (Å²) in [6.07, 6.45) is 56.9. The molecule has 0 heterocycles. The second kappa shape index (κ2) is 39.3. The molecule has 0 aromatic rings. The molecule has 0 spiro atoms. The molecule has 0 amide bonds. The molecule has 0 unspecified atom stereocenters. The maximum atomic E-state index is 10.3. The van der Waals surface area contributed by atoms with E-state index in [0.29, 0.717) is 6.42 Å². The van der Waals surface area contributed by atoms with Gasteiger partial charge in [0, 0.05) is 12.8 Å². The third kappa shape index (κ3) is 45.3. The number of aliphatic carboxylic acids is 2. The molecule has 0 fully saturated rings. The molecular formula is C40H60O4. The molecule has 4 heteroatoms. The van der Waals surface area contributed by atoms with Gasteiger partial charge in [0.15, 0.2) is 0 Å². The van der Waals surface area contributed by atoms with Crippen molar-refractivity contribution in [2.24, 2.45) is 0 Å². The van der Waals surface area contributed by atoms with E-state index in [2.05, 4.69) is 129 Å². The second-order valence-electron chi connectivity index (χ2n) is 9.98. The molecule has 0 aliphatic carbocycles. The Hall–Kier alpha value is -3.66. The number of hydrogen-bond acceptors (Lipinski definition) is 2. The Morgan fingerprint density at radius 3 is 0.977 bits per heavy atom. The molecule has 0 saturated heterocycles. The van der Waals surface area contributed by atoms with Crippen molar-refractivity contribution < 1.29 is 19.8 Å². The fourth-order valence-corrected chi connectivity index (χ4v) is 3.47. The topological polar surface area (TPSA) is 74.6 Å². The maximum absolute atomic E-state index is 10.3. The first kappa shape index (κ1) is 42.5. The van der Waals surface area contributed by atoms with Crippen LogP contribution in [0.5, 0.6) is 0 Å². The second-order valence-corrected chi connectivity index (χ2v) is 9.98. The van der Waals surface area contributed by atoms with Crippen LogP contribution >= 0.6 is 0 Å². The molecule has 0 aliphatic heterocycles. The van der Waals surface area contributed by atoms with Crippen molar-refractivity contribution in [3.05, 3.63) is 122 Å². The fourth-order valence-electron chi connectivity index (χ4n) is 3.47. The van der Waals surface area contributed by atoms with Crippen LogP contribution < -0.4 is 0 Å². The predicted octanol–water partition coefficient (Wildman–Crippen LogP) is 12.0. The van der Waals surface area contributed by atoms with Crippen LogP contribution in [0, 0.1) is 0 Å². The highest BCUT2D eigenvalue weighted by Gasteiger charge is 1.93. The lowest BCUT2D eigenvalue weighted by Gasteiger charge is -1.89. The Labute approximate surface area is 269 Å². The summed E-state index contributed by atoms with van der Waals surface area (Å²) in [5.41, 5.74) is 0. The summed E-state index contributed by atoms with van der Waals surface area (Å²) in [7, 11) is 0. The first-order chi connectivity index (χ1) is 21.5. The van der Waals surface area contributed by atoms with Crippen LogP contribution in [0.25, 0.3) is 0 Å². The Bertz CT molecular complexity index is 952. The van der Waals surface area contributed by atoms with E-state index in [9.17, 15) is 9.59 Å². The van der Waals surface area contributed by atoms with E-state index in [-0.39, 0.29) is 12.8 Å². The van der Waals surface area contributed by atoms with Gasteiger partial charge in [-0.15, -0.1) is 0 Å². The molecule has 4 nitrogen and oxygen atoms in total. The highest BCUT2D eigenvalue weighted by Crippen LogP contribution is 2.00. The zero-order valence-electron chi connectivity index (χ0n) is 27.6. The van der Waals surface area contributed by atoms with Crippen molar-refractivity contribution in [3.8, 4) is 0 Å². The molecular weight excluding hydrogens is 544 g/mol. The summed E-state index contributed by atoms with van der Waals surface area (Å²) < 4.78 is 0. The van der Waals surface area contributed by atoms with E-state index < -0.39 is 11.9 Å². The highest BCUT2D eigenvalue weighted by atomic mass is 16.4. The minimum atomic E-state index is -0.733. The molecule has 0 atom stereocenters. The van der Waals surface area contributed by atoms with Gasteiger partial charge in [0.1, 0.15) is 0 Å². The first-order valence-electron chi connectivity index (χ1n) is 16.5. The van der Waals surface area contributed by atoms with E-state index in [1.54, 1.807) is 0 Å². The van der Waals surface area contributed by atoms with Crippen LogP contribution in [-0.4, -0.2) is 22.2 Å². The van der Waals surface area contributed by atoms with Gasteiger partial charge in [-0.2, -0.15) is 0 Å². The van der Waals surface area contributed by atoms with Crippen molar-refractivity contribution in [2.75, 3.05) is 0 Å². The fraction of sp³-hybridized carbons (Fsp3) is 0.450. The number of carboxylic acids is 2. The average molecular weight is 605 g/mol. The van der Waals surface area contributed by atoms with E-state index in [1.165, 1.54) is 0 Å². The van der Waals surface area contributed by atoms with E-state index in [0.717, 1.165) is 83.5 Å². The van der Waals surface area contributed by atoms with Gasteiger partial charge >= 0.3 is 11.9 Å². The van der Waals surface area contributed by atoms with E-state index >= 15 is 0 Å². The molecule has 0 saturated carbocycles. The normalized spacial score (nSPS) is 12.8. The van der Waals surface area contributed by atoms with Crippen LogP contribution in [0.4, 0.5) is 0 Å². The number of allylic oxidation sites excluding steroid dienone is 20. The molecule has 0 rings (SSSR count). The van der Waals surface area contributed by atoms with Crippen molar-refractivity contribution in [1.29, 1.82) is 0 Å².